The molecule has 2 heterocycles. The lowest BCUT2D eigenvalue weighted by atomic mass is 9.97. The minimum atomic E-state index is -1.34. The first kappa shape index (κ1) is 16.8. The Kier molecular flexibility index (Phi) is 4.29. The zero-order valence-electron chi connectivity index (χ0n) is 14.2. The van der Waals surface area contributed by atoms with Gasteiger partial charge in [0.2, 0.25) is 5.66 Å². The summed E-state index contributed by atoms with van der Waals surface area (Å²) >= 11 is 0. The molecule has 1 aliphatic heterocycles. The van der Waals surface area contributed by atoms with E-state index in [0.717, 1.165) is 16.6 Å². The van der Waals surface area contributed by atoms with Crippen molar-refractivity contribution in [1.29, 1.82) is 0 Å². The Morgan fingerprint density at radius 3 is 2.63 bits per heavy atom. The SMILES string of the molecule is O=C(O)CC1(c2cccc(OCc3ccc4ccccc4n3)c2)N=NN=N1. The molecule has 4 rings (SSSR count). The van der Waals surface area contributed by atoms with Crippen molar-refractivity contribution in [2.24, 2.45) is 20.7 Å². The number of hydrogen-bond acceptors (Lipinski definition) is 7. The van der Waals surface area contributed by atoms with E-state index in [4.69, 9.17) is 9.84 Å². The van der Waals surface area contributed by atoms with Crippen molar-refractivity contribution >= 4 is 16.9 Å². The average Bonchev–Trinajstić information content (AvgIpc) is 3.15. The third-order valence-corrected chi connectivity index (χ3v) is 4.20. The van der Waals surface area contributed by atoms with Crippen LogP contribution in [-0.2, 0) is 17.1 Å². The number of carboxylic acids is 1. The molecule has 8 heteroatoms. The van der Waals surface area contributed by atoms with Gasteiger partial charge in [0.25, 0.3) is 0 Å². The Balaban J connectivity index is 1.54. The number of fused-ring (bicyclic) bond motifs is 1. The van der Waals surface area contributed by atoms with Crippen LogP contribution in [0.1, 0.15) is 17.7 Å². The van der Waals surface area contributed by atoms with Crippen LogP contribution in [-0.4, -0.2) is 16.1 Å². The van der Waals surface area contributed by atoms with Crippen molar-refractivity contribution in [3.8, 4) is 5.75 Å². The van der Waals surface area contributed by atoms with Crippen molar-refractivity contribution in [1.82, 2.24) is 4.98 Å². The summed E-state index contributed by atoms with van der Waals surface area (Å²) in [7, 11) is 0. The predicted molar refractivity (Wildman–Crippen MR) is 96.2 cm³/mol. The lowest BCUT2D eigenvalue weighted by Gasteiger charge is -2.18. The number of benzene rings is 2. The van der Waals surface area contributed by atoms with Crippen molar-refractivity contribution in [2.45, 2.75) is 18.7 Å². The number of aliphatic carboxylic acids is 1. The molecule has 134 valence electrons. The summed E-state index contributed by atoms with van der Waals surface area (Å²) in [5.74, 6) is -0.481. The van der Waals surface area contributed by atoms with Gasteiger partial charge in [-0.1, -0.05) is 36.4 Å². The van der Waals surface area contributed by atoms with E-state index in [1.807, 2.05) is 36.4 Å². The molecule has 1 aliphatic rings. The monoisotopic (exact) mass is 361 g/mol. The highest BCUT2D eigenvalue weighted by molar-refractivity contribution is 5.78. The second-order valence-electron chi connectivity index (χ2n) is 6.08. The number of ether oxygens (including phenoxy) is 1. The Labute approximate surface area is 154 Å². The molecule has 0 amide bonds. The quantitative estimate of drug-likeness (QED) is 0.707. The highest BCUT2D eigenvalue weighted by Crippen LogP contribution is 2.37. The van der Waals surface area contributed by atoms with Gasteiger partial charge in [-0.3, -0.25) is 4.79 Å². The van der Waals surface area contributed by atoms with E-state index < -0.39 is 11.6 Å². The zero-order valence-corrected chi connectivity index (χ0v) is 14.2. The summed E-state index contributed by atoms with van der Waals surface area (Å²) in [5.41, 5.74) is 0.907. The van der Waals surface area contributed by atoms with Crippen LogP contribution >= 0.6 is 0 Å². The maximum Gasteiger partial charge on any atom is 0.308 e. The summed E-state index contributed by atoms with van der Waals surface area (Å²) < 4.78 is 5.84. The van der Waals surface area contributed by atoms with Crippen LogP contribution < -0.4 is 4.74 Å². The van der Waals surface area contributed by atoms with E-state index in [2.05, 4.69) is 25.7 Å². The second-order valence-corrected chi connectivity index (χ2v) is 6.08. The van der Waals surface area contributed by atoms with E-state index in [1.54, 1.807) is 24.3 Å². The zero-order chi connectivity index (χ0) is 18.7. The molecule has 0 bridgehead atoms. The predicted octanol–water partition coefficient (Wildman–Crippen LogP) is 4.27. The molecule has 8 nitrogen and oxygen atoms in total. The molecule has 0 fully saturated rings. The summed E-state index contributed by atoms with van der Waals surface area (Å²) in [6.07, 6.45) is -0.338. The molecule has 0 saturated carbocycles. The van der Waals surface area contributed by atoms with Crippen LogP contribution in [0.4, 0.5) is 0 Å². The maximum absolute atomic E-state index is 11.2. The fourth-order valence-electron chi connectivity index (χ4n) is 2.89. The van der Waals surface area contributed by atoms with Crippen molar-refractivity contribution in [3.05, 3.63) is 71.9 Å². The molecular weight excluding hydrogens is 346 g/mol. The van der Waals surface area contributed by atoms with E-state index in [-0.39, 0.29) is 13.0 Å². The van der Waals surface area contributed by atoms with Gasteiger partial charge in [-0.05, 0) is 34.7 Å². The number of aromatic nitrogens is 1. The van der Waals surface area contributed by atoms with Crippen LogP contribution in [0.2, 0.25) is 0 Å². The highest BCUT2D eigenvalue weighted by atomic mass is 16.5. The molecule has 1 aromatic heterocycles. The number of rotatable bonds is 6. The van der Waals surface area contributed by atoms with E-state index >= 15 is 0 Å². The minimum absolute atomic E-state index is 0.281. The van der Waals surface area contributed by atoms with Crippen LogP contribution in [0, 0.1) is 0 Å². The number of hydrogen-bond donors (Lipinski definition) is 1. The van der Waals surface area contributed by atoms with Gasteiger partial charge in [-0.15, -0.1) is 10.2 Å². The number of nitrogens with zero attached hydrogens (tertiary/aromatic N) is 5. The van der Waals surface area contributed by atoms with Gasteiger partial charge in [0.15, 0.2) is 0 Å². The molecule has 0 unspecified atom stereocenters. The number of pyridine rings is 1. The smallest absolute Gasteiger partial charge is 0.308 e. The van der Waals surface area contributed by atoms with Gasteiger partial charge in [0.05, 0.1) is 17.6 Å². The number of carboxylic acid groups (broad SMARTS) is 1. The first-order valence-electron chi connectivity index (χ1n) is 8.29. The largest absolute Gasteiger partial charge is 0.487 e. The Morgan fingerprint density at radius 2 is 1.81 bits per heavy atom. The molecule has 1 N–H and O–H groups in total. The molecule has 2 aromatic carbocycles. The second kappa shape index (κ2) is 6.91. The van der Waals surface area contributed by atoms with Gasteiger partial charge >= 0.3 is 5.97 Å². The third-order valence-electron chi connectivity index (χ3n) is 4.20. The van der Waals surface area contributed by atoms with Crippen LogP contribution in [0.3, 0.4) is 0 Å². The van der Waals surface area contributed by atoms with Crippen molar-refractivity contribution in [3.63, 3.8) is 0 Å². The Bertz CT molecular complexity index is 1050. The molecule has 3 aromatic rings. The lowest BCUT2D eigenvalue weighted by molar-refractivity contribution is -0.138. The van der Waals surface area contributed by atoms with E-state index in [9.17, 15) is 4.79 Å². The van der Waals surface area contributed by atoms with Crippen molar-refractivity contribution in [2.75, 3.05) is 0 Å². The molecule has 0 atom stereocenters. The minimum Gasteiger partial charge on any atom is -0.487 e. The summed E-state index contributed by atoms with van der Waals surface area (Å²) in [6.45, 7) is 0.281. The standard InChI is InChI=1S/C19H15N5O3/c25-18(26)11-19(21-23-24-22-19)14-5-3-6-16(10-14)27-12-15-9-8-13-4-1-2-7-17(13)20-15/h1-10H,11-12H2,(H,25,26). The summed E-state index contributed by atoms with van der Waals surface area (Å²) in [4.78, 5) is 15.8. The molecule has 27 heavy (non-hydrogen) atoms. The van der Waals surface area contributed by atoms with Gasteiger partial charge in [0.1, 0.15) is 12.4 Å². The van der Waals surface area contributed by atoms with Gasteiger partial charge in [-0.25, -0.2) is 4.98 Å². The normalized spacial score (nSPS) is 14.5. The lowest BCUT2D eigenvalue weighted by Crippen LogP contribution is -2.23. The molecular formula is C19H15N5O3. The number of carbonyl (C=O) groups is 1. The molecule has 0 aliphatic carbocycles. The van der Waals surface area contributed by atoms with Gasteiger partial charge in [-0.2, -0.15) is 0 Å². The highest BCUT2D eigenvalue weighted by Gasteiger charge is 2.38. The van der Waals surface area contributed by atoms with E-state index in [0.29, 0.717) is 11.3 Å². The fourth-order valence-corrected chi connectivity index (χ4v) is 2.89. The first-order valence-corrected chi connectivity index (χ1v) is 8.29. The van der Waals surface area contributed by atoms with Crippen LogP contribution in [0.15, 0.2) is 81.3 Å². The first-order chi connectivity index (χ1) is 13.1. The Hall–Kier alpha value is -3.68. The Morgan fingerprint density at radius 1 is 1.00 bits per heavy atom. The van der Waals surface area contributed by atoms with Crippen molar-refractivity contribution < 1.29 is 14.6 Å². The summed E-state index contributed by atoms with van der Waals surface area (Å²) in [6, 6.07) is 18.7. The van der Waals surface area contributed by atoms with Crippen LogP contribution in [0.5, 0.6) is 5.75 Å². The molecule has 0 radical (unpaired) electrons. The van der Waals surface area contributed by atoms with Gasteiger partial charge < -0.3 is 9.84 Å². The number of para-hydroxylation sites is 1. The fraction of sp³-hybridized carbons (Fsp3) is 0.158. The van der Waals surface area contributed by atoms with Crippen LogP contribution in [0.25, 0.3) is 10.9 Å². The topological polar surface area (TPSA) is 109 Å². The molecule has 0 saturated heterocycles. The third kappa shape index (κ3) is 3.50. The average molecular weight is 361 g/mol. The van der Waals surface area contributed by atoms with E-state index in [1.165, 1.54) is 0 Å². The molecule has 0 spiro atoms. The summed E-state index contributed by atoms with van der Waals surface area (Å²) in [5, 5.41) is 25.0. The van der Waals surface area contributed by atoms with Gasteiger partial charge in [0, 0.05) is 10.9 Å². The maximum atomic E-state index is 11.2.